The molecule has 1 aromatic heterocycles. The van der Waals surface area contributed by atoms with Gasteiger partial charge < -0.3 is 5.21 Å². The summed E-state index contributed by atoms with van der Waals surface area (Å²) in [7, 11) is 0. The Kier molecular flexibility index (Phi) is 1.96. The Labute approximate surface area is 83.1 Å². The molecule has 0 N–H and O–H groups in total. The number of pyridine rings is 1. The van der Waals surface area contributed by atoms with E-state index in [1.807, 2.05) is 0 Å². The van der Waals surface area contributed by atoms with Crippen molar-refractivity contribution < 1.29 is 14.0 Å². The van der Waals surface area contributed by atoms with E-state index in [0.29, 0.717) is 0 Å². The lowest BCUT2D eigenvalue weighted by atomic mass is 10.2. The van der Waals surface area contributed by atoms with Crippen LogP contribution in [0.5, 0.6) is 0 Å². The summed E-state index contributed by atoms with van der Waals surface area (Å²) in [6.45, 7) is 0. The van der Waals surface area contributed by atoms with Crippen molar-refractivity contribution in [2.45, 2.75) is 0 Å². The van der Waals surface area contributed by atoms with Crippen LogP contribution in [0.15, 0.2) is 30.5 Å². The van der Waals surface area contributed by atoms with Crippen LogP contribution < -0.4 is 4.73 Å². The van der Waals surface area contributed by atoms with Crippen LogP contribution in [-0.4, -0.2) is 4.92 Å². The van der Waals surface area contributed by atoms with Crippen molar-refractivity contribution in [2.75, 3.05) is 0 Å². The van der Waals surface area contributed by atoms with Gasteiger partial charge in [0, 0.05) is 18.2 Å². The quantitative estimate of drug-likeness (QED) is 0.308. The summed E-state index contributed by atoms with van der Waals surface area (Å²) in [5.74, 6) is -0.799. The number of benzene rings is 1. The molecule has 2 aromatic rings. The van der Waals surface area contributed by atoms with E-state index >= 15 is 0 Å². The van der Waals surface area contributed by atoms with E-state index in [2.05, 4.69) is 0 Å². The van der Waals surface area contributed by atoms with Gasteiger partial charge in [0.2, 0.25) is 11.7 Å². The summed E-state index contributed by atoms with van der Waals surface area (Å²) < 4.78 is 13.2. The van der Waals surface area contributed by atoms with E-state index in [4.69, 9.17) is 0 Å². The molecule has 0 aliphatic rings. The van der Waals surface area contributed by atoms with E-state index in [9.17, 15) is 19.7 Å². The van der Waals surface area contributed by atoms with Crippen LogP contribution in [0.2, 0.25) is 0 Å². The standard InChI is InChI=1S/C9H5FN2O3/c10-6-4-7-8(11(13)5-6)2-1-3-9(7)12(14)15/h1-5H. The Morgan fingerprint density at radius 3 is 2.80 bits per heavy atom. The first-order valence-electron chi connectivity index (χ1n) is 4.05. The van der Waals surface area contributed by atoms with Gasteiger partial charge >= 0.3 is 0 Å². The molecule has 0 saturated carbocycles. The highest BCUT2D eigenvalue weighted by molar-refractivity contribution is 5.85. The highest BCUT2D eigenvalue weighted by atomic mass is 19.1. The molecule has 1 aromatic carbocycles. The first-order chi connectivity index (χ1) is 7.09. The van der Waals surface area contributed by atoms with Crippen molar-refractivity contribution in [3.8, 4) is 0 Å². The number of nitrogens with zero attached hydrogens (tertiary/aromatic N) is 2. The topological polar surface area (TPSA) is 70.1 Å². The summed E-state index contributed by atoms with van der Waals surface area (Å²) in [4.78, 5) is 9.96. The zero-order chi connectivity index (χ0) is 11.0. The molecule has 2 rings (SSSR count). The number of hydrogen-bond donors (Lipinski definition) is 0. The lowest BCUT2D eigenvalue weighted by Crippen LogP contribution is -2.27. The molecule has 0 aliphatic carbocycles. The number of hydrogen-bond acceptors (Lipinski definition) is 3. The van der Waals surface area contributed by atoms with E-state index in [0.717, 1.165) is 12.3 Å². The van der Waals surface area contributed by atoms with Gasteiger partial charge in [0.1, 0.15) is 5.39 Å². The Morgan fingerprint density at radius 1 is 1.40 bits per heavy atom. The van der Waals surface area contributed by atoms with E-state index in [-0.39, 0.29) is 21.3 Å². The minimum absolute atomic E-state index is 0.00231. The molecule has 15 heavy (non-hydrogen) atoms. The Hall–Kier alpha value is -2.24. The number of nitro groups is 1. The molecule has 1 heterocycles. The van der Waals surface area contributed by atoms with Gasteiger partial charge in [0.05, 0.1) is 4.92 Å². The van der Waals surface area contributed by atoms with Crippen molar-refractivity contribution >= 4 is 16.6 Å². The number of aromatic nitrogens is 1. The molecule has 0 saturated heterocycles. The first kappa shape index (κ1) is 9.32. The molecule has 5 nitrogen and oxygen atoms in total. The maximum absolute atomic E-state index is 12.9. The zero-order valence-electron chi connectivity index (χ0n) is 7.38. The lowest BCUT2D eigenvalue weighted by molar-refractivity contribution is -0.578. The average Bonchev–Trinajstić information content (AvgIpc) is 2.16. The number of non-ortho nitro benzene ring substituents is 1. The smallest absolute Gasteiger partial charge is 0.283 e. The fourth-order valence-corrected chi connectivity index (χ4v) is 1.40. The van der Waals surface area contributed by atoms with Gasteiger partial charge in [0.15, 0.2) is 5.82 Å². The van der Waals surface area contributed by atoms with E-state index in [1.165, 1.54) is 18.2 Å². The number of rotatable bonds is 1. The summed E-state index contributed by atoms with van der Waals surface area (Å²) in [5, 5.41) is 21.8. The lowest BCUT2D eigenvalue weighted by Gasteiger charge is -2.01. The fraction of sp³-hybridized carbons (Fsp3) is 0. The highest BCUT2D eigenvalue weighted by Gasteiger charge is 2.17. The maximum Gasteiger partial charge on any atom is 0.283 e. The number of fused-ring (bicyclic) bond motifs is 1. The number of halogens is 1. The zero-order valence-corrected chi connectivity index (χ0v) is 7.38. The molecule has 0 amide bonds. The molecule has 0 fully saturated rings. The molecule has 0 bridgehead atoms. The van der Waals surface area contributed by atoms with E-state index < -0.39 is 10.7 Å². The molecule has 0 atom stereocenters. The van der Waals surface area contributed by atoms with Gasteiger partial charge in [-0.1, -0.05) is 0 Å². The second-order valence-electron chi connectivity index (χ2n) is 2.95. The summed E-state index contributed by atoms with van der Waals surface area (Å²) in [6, 6.07) is 4.98. The number of nitro benzene ring substituents is 1. The van der Waals surface area contributed by atoms with Crippen LogP contribution in [0.1, 0.15) is 0 Å². The van der Waals surface area contributed by atoms with Crippen molar-refractivity contribution in [1.29, 1.82) is 0 Å². The van der Waals surface area contributed by atoms with Gasteiger partial charge in [-0.3, -0.25) is 10.1 Å². The monoisotopic (exact) mass is 208 g/mol. The Bertz CT molecular complexity index is 556. The molecule has 0 radical (unpaired) electrons. The minimum Gasteiger partial charge on any atom is -0.618 e. The second kappa shape index (κ2) is 3.16. The van der Waals surface area contributed by atoms with Crippen LogP contribution >= 0.6 is 0 Å². The molecular weight excluding hydrogens is 203 g/mol. The molecule has 0 aliphatic heterocycles. The molecule has 6 heteroatoms. The summed E-state index contributed by atoms with van der Waals surface area (Å²) in [6.07, 6.45) is 0.728. The fourth-order valence-electron chi connectivity index (χ4n) is 1.40. The van der Waals surface area contributed by atoms with Crippen LogP contribution in [0, 0.1) is 21.1 Å². The van der Waals surface area contributed by atoms with Crippen molar-refractivity contribution in [3.05, 3.63) is 51.6 Å². The minimum atomic E-state index is -0.799. The largest absolute Gasteiger partial charge is 0.618 e. The third kappa shape index (κ3) is 1.45. The van der Waals surface area contributed by atoms with Gasteiger partial charge in [-0.15, -0.1) is 0 Å². The van der Waals surface area contributed by atoms with Crippen molar-refractivity contribution in [3.63, 3.8) is 0 Å². The summed E-state index contributed by atoms with van der Waals surface area (Å²) in [5.41, 5.74) is -0.206. The van der Waals surface area contributed by atoms with Crippen LogP contribution in [0.4, 0.5) is 10.1 Å². The Balaban J connectivity index is 2.91. The van der Waals surface area contributed by atoms with Crippen molar-refractivity contribution in [2.24, 2.45) is 0 Å². The normalized spacial score (nSPS) is 10.5. The summed E-state index contributed by atoms with van der Waals surface area (Å²) >= 11 is 0. The molecule has 0 spiro atoms. The predicted molar refractivity (Wildman–Crippen MR) is 49.5 cm³/mol. The van der Waals surface area contributed by atoms with E-state index in [1.54, 1.807) is 0 Å². The molecular formula is C9H5FN2O3. The second-order valence-corrected chi connectivity index (χ2v) is 2.95. The van der Waals surface area contributed by atoms with Crippen LogP contribution in [0.3, 0.4) is 0 Å². The van der Waals surface area contributed by atoms with Gasteiger partial charge in [-0.2, -0.15) is 4.73 Å². The molecule has 0 unspecified atom stereocenters. The van der Waals surface area contributed by atoms with Crippen LogP contribution in [0.25, 0.3) is 10.9 Å². The highest BCUT2D eigenvalue weighted by Crippen LogP contribution is 2.23. The average molecular weight is 208 g/mol. The van der Waals surface area contributed by atoms with Gasteiger partial charge in [-0.25, -0.2) is 4.39 Å². The van der Waals surface area contributed by atoms with Crippen LogP contribution in [-0.2, 0) is 0 Å². The molecule has 76 valence electrons. The Morgan fingerprint density at radius 2 is 2.13 bits per heavy atom. The van der Waals surface area contributed by atoms with Gasteiger partial charge in [-0.05, 0) is 6.07 Å². The SMILES string of the molecule is O=[N+]([O-])c1cccc2c1cc(F)c[n+]2[O-]. The van der Waals surface area contributed by atoms with Crippen molar-refractivity contribution in [1.82, 2.24) is 0 Å². The third-order valence-corrected chi connectivity index (χ3v) is 2.02. The predicted octanol–water partition coefficient (Wildman–Crippen LogP) is 1.52. The maximum atomic E-state index is 12.9. The third-order valence-electron chi connectivity index (χ3n) is 2.02. The van der Waals surface area contributed by atoms with Gasteiger partial charge in [0.25, 0.3) is 5.69 Å². The first-order valence-corrected chi connectivity index (χ1v) is 4.05.